The number of hydrogen-bond donors (Lipinski definition) is 2. The minimum absolute atomic E-state index is 0.211. The minimum atomic E-state index is -0.359. The monoisotopic (exact) mass is 418 g/mol. The molecule has 0 atom stereocenters. The summed E-state index contributed by atoms with van der Waals surface area (Å²) in [7, 11) is 0. The van der Waals surface area contributed by atoms with E-state index in [4.69, 9.17) is 4.42 Å². The molecule has 8 heteroatoms. The lowest BCUT2D eigenvalue weighted by Gasteiger charge is -2.09. The number of hydrogen-bond acceptors (Lipinski definition) is 4. The van der Waals surface area contributed by atoms with Crippen LogP contribution in [0.15, 0.2) is 77.5 Å². The molecule has 4 rings (SSSR count). The van der Waals surface area contributed by atoms with Gasteiger partial charge in [-0.05, 0) is 67.1 Å². The fourth-order valence-electron chi connectivity index (χ4n) is 3.14. The highest BCUT2D eigenvalue weighted by molar-refractivity contribution is 6.05. The standard InChI is InChI=1S/C23H19FN4O3/c1-2-20-19(14-25-28(20)18-11-5-15(24)6-12-18)22(29)26-16-7-9-17(10-8-16)27-23(30)21-4-3-13-31-21/h3-14H,2H2,1H3,(H,26,29)(H,27,30). The first kappa shape index (κ1) is 20.1. The Kier molecular flexibility index (Phi) is 5.61. The Morgan fingerprint density at radius 2 is 1.61 bits per heavy atom. The fourth-order valence-corrected chi connectivity index (χ4v) is 3.14. The maximum absolute atomic E-state index is 13.2. The summed E-state index contributed by atoms with van der Waals surface area (Å²) in [4.78, 5) is 24.8. The summed E-state index contributed by atoms with van der Waals surface area (Å²) < 4.78 is 19.9. The van der Waals surface area contributed by atoms with E-state index in [0.29, 0.717) is 34.7 Å². The summed E-state index contributed by atoms with van der Waals surface area (Å²) in [6.07, 6.45) is 3.49. The summed E-state index contributed by atoms with van der Waals surface area (Å²) in [6.45, 7) is 1.92. The maximum Gasteiger partial charge on any atom is 0.291 e. The highest BCUT2D eigenvalue weighted by Gasteiger charge is 2.17. The number of aromatic nitrogens is 2. The molecule has 31 heavy (non-hydrogen) atoms. The quantitative estimate of drug-likeness (QED) is 0.476. The topological polar surface area (TPSA) is 89.2 Å². The average Bonchev–Trinajstić information content (AvgIpc) is 3.46. The molecule has 2 aromatic heterocycles. The van der Waals surface area contributed by atoms with E-state index in [1.807, 2.05) is 6.92 Å². The Morgan fingerprint density at radius 3 is 2.19 bits per heavy atom. The van der Waals surface area contributed by atoms with Crippen LogP contribution in [0.3, 0.4) is 0 Å². The van der Waals surface area contributed by atoms with Gasteiger partial charge >= 0.3 is 0 Å². The van der Waals surface area contributed by atoms with Crippen molar-refractivity contribution in [1.82, 2.24) is 9.78 Å². The molecule has 4 aromatic rings. The number of benzene rings is 2. The first-order valence-corrected chi connectivity index (χ1v) is 9.64. The lowest BCUT2D eigenvalue weighted by molar-refractivity contribution is 0.0994. The van der Waals surface area contributed by atoms with Gasteiger partial charge in [0, 0.05) is 11.4 Å². The van der Waals surface area contributed by atoms with Gasteiger partial charge in [-0.25, -0.2) is 9.07 Å². The van der Waals surface area contributed by atoms with Crippen molar-refractivity contribution in [2.75, 3.05) is 10.6 Å². The third kappa shape index (κ3) is 4.37. The number of nitrogens with one attached hydrogen (secondary N) is 2. The first-order valence-electron chi connectivity index (χ1n) is 9.64. The lowest BCUT2D eigenvalue weighted by atomic mass is 10.1. The van der Waals surface area contributed by atoms with Crippen LogP contribution in [0.1, 0.15) is 33.5 Å². The van der Waals surface area contributed by atoms with Crippen molar-refractivity contribution >= 4 is 23.2 Å². The zero-order valence-corrected chi connectivity index (χ0v) is 16.6. The van der Waals surface area contributed by atoms with Crippen LogP contribution < -0.4 is 10.6 Å². The second-order valence-electron chi connectivity index (χ2n) is 6.71. The number of anilines is 2. The SMILES string of the molecule is CCc1c(C(=O)Nc2ccc(NC(=O)c3ccco3)cc2)cnn1-c1ccc(F)cc1. The molecule has 0 fully saturated rings. The molecule has 0 unspecified atom stereocenters. The van der Waals surface area contributed by atoms with Gasteiger partial charge in [-0.1, -0.05) is 6.92 Å². The normalized spacial score (nSPS) is 10.6. The van der Waals surface area contributed by atoms with Crippen LogP contribution in [0, 0.1) is 5.82 Å². The van der Waals surface area contributed by atoms with E-state index in [9.17, 15) is 14.0 Å². The third-order valence-electron chi connectivity index (χ3n) is 4.67. The lowest BCUT2D eigenvalue weighted by Crippen LogP contribution is -2.14. The van der Waals surface area contributed by atoms with Crippen molar-refractivity contribution in [2.45, 2.75) is 13.3 Å². The van der Waals surface area contributed by atoms with Gasteiger partial charge in [-0.2, -0.15) is 5.10 Å². The molecule has 2 heterocycles. The minimum Gasteiger partial charge on any atom is -0.459 e. The van der Waals surface area contributed by atoms with Crippen molar-refractivity contribution < 1.29 is 18.4 Å². The Labute approximate surface area is 177 Å². The summed E-state index contributed by atoms with van der Waals surface area (Å²) in [5.41, 5.74) is 2.96. The molecule has 0 radical (unpaired) electrons. The molecule has 0 aliphatic heterocycles. The van der Waals surface area contributed by atoms with Crippen LogP contribution in [-0.2, 0) is 6.42 Å². The zero-order chi connectivity index (χ0) is 21.8. The molecular formula is C23H19FN4O3. The molecule has 0 spiro atoms. The molecule has 0 saturated heterocycles. The third-order valence-corrected chi connectivity index (χ3v) is 4.67. The van der Waals surface area contributed by atoms with E-state index in [0.717, 1.165) is 0 Å². The van der Waals surface area contributed by atoms with Crippen LogP contribution in [0.25, 0.3) is 5.69 Å². The van der Waals surface area contributed by atoms with Gasteiger partial charge in [0.2, 0.25) is 0 Å². The van der Waals surface area contributed by atoms with Crippen LogP contribution in [0.2, 0.25) is 0 Å². The maximum atomic E-state index is 13.2. The number of nitrogens with zero attached hydrogens (tertiary/aromatic N) is 2. The molecule has 2 N–H and O–H groups in total. The van der Waals surface area contributed by atoms with Crippen molar-refractivity contribution in [3.63, 3.8) is 0 Å². The van der Waals surface area contributed by atoms with E-state index >= 15 is 0 Å². The highest BCUT2D eigenvalue weighted by Crippen LogP contribution is 2.19. The summed E-state index contributed by atoms with van der Waals surface area (Å²) in [5, 5.41) is 9.84. The largest absolute Gasteiger partial charge is 0.459 e. The van der Waals surface area contributed by atoms with Crippen LogP contribution >= 0.6 is 0 Å². The van der Waals surface area contributed by atoms with Crippen molar-refractivity contribution in [1.29, 1.82) is 0 Å². The Hall–Kier alpha value is -4.20. The van der Waals surface area contributed by atoms with Gasteiger partial charge in [0.1, 0.15) is 5.82 Å². The van der Waals surface area contributed by atoms with Gasteiger partial charge in [-0.15, -0.1) is 0 Å². The molecule has 2 aromatic carbocycles. The summed E-state index contributed by atoms with van der Waals surface area (Å²) in [6, 6.07) is 15.9. The van der Waals surface area contributed by atoms with E-state index < -0.39 is 0 Å². The highest BCUT2D eigenvalue weighted by atomic mass is 19.1. The van der Waals surface area contributed by atoms with Crippen molar-refractivity contribution in [3.05, 3.63) is 96.0 Å². The van der Waals surface area contributed by atoms with E-state index in [2.05, 4.69) is 15.7 Å². The van der Waals surface area contributed by atoms with Crippen LogP contribution in [0.4, 0.5) is 15.8 Å². The Morgan fingerprint density at radius 1 is 0.968 bits per heavy atom. The molecule has 0 aliphatic rings. The number of rotatable bonds is 6. The summed E-state index contributed by atoms with van der Waals surface area (Å²) >= 11 is 0. The van der Waals surface area contributed by atoms with E-state index in [1.54, 1.807) is 53.2 Å². The number of halogens is 1. The van der Waals surface area contributed by atoms with Crippen LogP contribution in [-0.4, -0.2) is 21.6 Å². The second-order valence-corrected chi connectivity index (χ2v) is 6.71. The number of carbonyl (C=O) groups is 2. The first-order chi connectivity index (χ1) is 15.0. The predicted molar refractivity (Wildman–Crippen MR) is 114 cm³/mol. The predicted octanol–water partition coefficient (Wildman–Crippen LogP) is 4.67. The van der Waals surface area contributed by atoms with Crippen molar-refractivity contribution in [2.24, 2.45) is 0 Å². The Bertz CT molecular complexity index is 1200. The second kappa shape index (κ2) is 8.66. The average molecular weight is 418 g/mol. The summed E-state index contributed by atoms with van der Waals surface area (Å²) in [5.74, 6) is -0.793. The zero-order valence-electron chi connectivity index (χ0n) is 16.6. The Balaban J connectivity index is 1.47. The molecule has 7 nitrogen and oxygen atoms in total. The number of amides is 2. The van der Waals surface area contributed by atoms with Gasteiger partial charge in [0.25, 0.3) is 11.8 Å². The fraction of sp³-hybridized carbons (Fsp3) is 0.0870. The van der Waals surface area contributed by atoms with Crippen molar-refractivity contribution in [3.8, 4) is 5.69 Å². The molecule has 0 aliphatic carbocycles. The van der Waals surface area contributed by atoms with Crippen LogP contribution in [0.5, 0.6) is 0 Å². The molecule has 0 saturated carbocycles. The number of furan rings is 1. The van der Waals surface area contributed by atoms with Gasteiger partial charge in [-0.3, -0.25) is 9.59 Å². The molecule has 2 amide bonds. The smallest absolute Gasteiger partial charge is 0.291 e. The number of carbonyl (C=O) groups excluding carboxylic acids is 2. The van der Waals surface area contributed by atoms with Gasteiger partial charge < -0.3 is 15.1 Å². The molecule has 156 valence electrons. The molecular weight excluding hydrogens is 399 g/mol. The van der Waals surface area contributed by atoms with Gasteiger partial charge in [0.15, 0.2) is 5.76 Å². The van der Waals surface area contributed by atoms with E-state index in [-0.39, 0.29) is 23.4 Å². The molecule has 0 bridgehead atoms. The van der Waals surface area contributed by atoms with E-state index in [1.165, 1.54) is 24.6 Å². The van der Waals surface area contributed by atoms with Gasteiger partial charge in [0.05, 0.1) is 29.4 Å².